The van der Waals surface area contributed by atoms with Gasteiger partial charge in [-0.3, -0.25) is 0 Å². The number of aliphatic hydroxyl groups excluding tert-OH is 3. The van der Waals surface area contributed by atoms with Crippen LogP contribution in [0.5, 0.6) is 40.2 Å². The van der Waals surface area contributed by atoms with Gasteiger partial charge in [0.15, 0.2) is 17.6 Å². The predicted octanol–water partition coefficient (Wildman–Crippen LogP) is 5.81. The molecule has 12 heteroatoms. The first-order valence-electron chi connectivity index (χ1n) is 15.9. The summed E-state index contributed by atoms with van der Waals surface area (Å²) in [7, 11) is 6.12. The molecule has 0 saturated carbocycles. The zero-order valence-electron chi connectivity index (χ0n) is 26.6. The summed E-state index contributed by atoms with van der Waals surface area (Å²) in [5.74, 6) is 0.978. The molecule has 0 aromatic heterocycles. The molecular formula is C35H42O10S2. The Morgan fingerprint density at radius 2 is 1.68 bits per heavy atom. The van der Waals surface area contributed by atoms with Crippen LogP contribution in [0.4, 0.5) is 0 Å². The fourth-order valence-corrected chi connectivity index (χ4v) is 10.0. The summed E-state index contributed by atoms with van der Waals surface area (Å²) in [4.78, 5) is 0. The number of phenols is 3. The van der Waals surface area contributed by atoms with Gasteiger partial charge in [0, 0.05) is 46.1 Å². The van der Waals surface area contributed by atoms with Gasteiger partial charge in [0.2, 0.25) is 11.5 Å². The van der Waals surface area contributed by atoms with E-state index in [1.54, 1.807) is 39.8 Å². The van der Waals surface area contributed by atoms with Crippen LogP contribution in [0.3, 0.4) is 0 Å². The summed E-state index contributed by atoms with van der Waals surface area (Å²) < 4.78 is 23.5. The number of aliphatic hydroxyl groups is 3. The number of methoxy groups -OCH3 is 2. The Hall–Kier alpha value is -3.16. The molecule has 6 N–H and O–H groups in total. The van der Waals surface area contributed by atoms with Crippen LogP contribution in [0.1, 0.15) is 72.3 Å². The Morgan fingerprint density at radius 1 is 0.872 bits per heavy atom. The third kappa shape index (κ3) is 6.03. The van der Waals surface area contributed by atoms with E-state index in [4.69, 9.17) is 18.9 Å². The highest BCUT2D eigenvalue weighted by Gasteiger charge is 2.47. The van der Waals surface area contributed by atoms with Crippen LogP contribution < -0.4 is 18.9 Å². The Labute approximate surface area is 282 Å². The van der Waals surface area contributed by atoms with Crippen molar-refractivity contribution in [3.05, 3.63) is 52.6 Å². The molecule has 6 atom stereocenters. The second-order valence-corrected chi connectivity index (χ2v) is 15.1. The second-order valence-electron chi connectivity index (χ2n) is 12.4. The minimum atomic E-state index is -1.16. The first-order chi connectivity index (χ1) is 22.7. The normalized spacial score (nSPS) is 25.3. The number of aromatic hydroxyl groups is 3. The van der Waals surface area contributed by atoms with E-state index < -0.39 is 24.0 Å². The monoisotopic (exact) mass is 686 g/mol. The SMILES string of the molecule is COc1cc(C2Oc3cc(OCCO)c4c5c3C(CSSCCC(C)CCC(c3cc(O)ccc3-4)C5CO)C2O)c(O)c(OC)c1O. The quantitative estimate of drug-likeness (QED) is 0.166. The van der Waals surface area contributed by atoms with Crippen molar-refractivity contribution in [1.82, 2.24) is 0 Å². The van der Waals surface area contributed by atoms with Crippen molar-refractivity contribution in [2.45, 2.75) is 56.1 Å². The van der Waals surface area contributed by atoms with E-state index in [9.17, 15) is 30.6 Å². The number of hydrogen-bond donors (Lipinski definition) is 6. The van der Waals surface area contributed by atoms with E-state index in [2.05, 4.69) is 6.92 Å². The van der Waals surface area contributed by atoms with Crippen molar-refractivity contribution in [2.24, 2.45) is 5.92 Å². The molecule has 3 aliphatic rings. The van der Waals surface area contributed by atoms with E-state index >= 15 is 0 Å². The summed E-state index contributed by atoms with van der Waals surface area (Å²) in [5.41, 5.74) is 4.31. The number of phenolic OH excluding ortho intramolecular Hbond substituents is 3. The van der Waals surface area contributed by atoms with E-state index in [-0.39, 0.29) is 60.0 Å². The molecule has 2 heterocycles. The highest BCUT2D eigenvalue weighted by molar-refractivity contribution is 8.76. The van der Waals surface area contributed by atoms with E-state index in [1.165, 1.54) is 20.3 Å². The number of ether oxygens (including phenoxy) is 4. The summed E-state index contributed by atoms with van der Waals surface area (Å²) in [6, 6.07) is 8.49. The van der Waals surface area contributed by atoms with Gasteiger partial charge in [-0.15, -0.1) is 0 Å². The van der Waals surface area contributed by atoms with E-state index in [0.717, 1.165) is 52.8 Å². The zero-order valence-corrected chi connectivity index (χ0v) is 28.3. The van der Waals surface area contributed by atoms with Crippen LogP contribution in [-0.4, -0.2) is 82.3 Å². The first-order valence-corrected chi connectivity index (χ1v) is 18.4. The molecule has 2 bridgehead atoms. The van der Waals surface area contributed by atoms with Crippen LogP contribution in [0.25, 0.3) is 11.1 Å². The Kier molecular flexibility index (Phi) is 10.1. The van der Waals surface area contributed by atoms with Gasteiger partial charge in [-0.2, -0.15) is 0 Å². The summed E-state index contributed by atoms with van der Waals surface area (Å²) >= 11 is 0. The summed E-state index contributed by atoms with van der Waals surface area (Å²) in [6.45, 7) is 1.85. The Balaban J connectivity index is 1.63. The third-order valence-corrected chi connectivity index (χ3v) is 12.2. The average Bonchev–Trinajstić information content (AvgIpc) is 3.07. The van der Waals surface area contributed by atoms with Crippen molar-refractivity contribution in [2.75, 3.05) is 45.5 Å². The summed E-state index contributed by atoms with van der Waals surface area (Å²) in [5, 5.41) is 65.6. The van der Waals surface area contributed by atoms with Gasteiger partial charge >= 0.3 is 0 Å². The van der Waals surface area contributed by atoms with Gasteiger partial charge in [-0.05, 0) is 59.6 Å². The highest BCUT2D eigenvalue weighted by atomic mass is 33.1. The molecule has 0 fully saturated rings. The minimum Gasteiger partial charge on any atom is -0.508 e. The Bertz CT molecular complexity index is 1610. The lowest BCUT2D eigenvalue weighted by Gasteiger charge is -2.43. The zero-order chi connectivity index (χ0) is 33.4. The lowest BCUT2D eigenvalue weighted by atomic mass is 9.66. The Morgan fingerprint density at radius 3 is 2.40 bits per heavy atom. The maximum atomic E-state index is 12.2. The molecule has 0 saturated heterocycles. The molecular weight excluding hydrogens is 645 g/mol. The van der Waals surface area contributed by atoms with Crippen molar-refractivity contribution in [3.63, 3.8) is 0 Å². The van der Waals surface area contributed by atoms with Crippen LogP contribution >= 0.6 is 21.6 Å². The maximum Gasteiger partial charge on any atom is 0.207 e. The maximum absolute atomic E-state index is 12.2. The predicted molar refractivity (Wildman–Crippen MR) is 182 cm³/mol. The van der Waals surface area contributed by atoms with Gasteiger partial charge in [-0.1, -0.05) is 41.0 Å². The molecule has 254 valence electrons. The molecule has 3 aromatic carbocycles. The van der Waals surface area contributed by atoms with E-state index in [1.807, 2.05) is 6.07 Å². The largest absolute Gasteiger partial charge is 0.508 e. The van der Waals surface area contributed by atoms with Crippen molar-refractivity contribution in [1.29, 1.82) is 0 Å². The minimum absolute atomic E-state index is 0.0124. The number of benzene rings is 3. The molecule has 6 unspecified atom stereocenters. The van der Waals surface area contributed by atoms with Crippen molar-refractivity contribution in [3.8, 4) is 51.4 Å². The fourth-order valence-electron chi connectivity index (χ4n) is 7.41. The van der Waals surface area contributed by atoms with Crippen LogP contribution in [0.15, 0.2) is 30.3 Å². The first kappa shape index (κ1) is 33.7. The third-order valence-electron chi connectivity index (χ3n) is 9.74. The lowest BCUT2D eigenvalue weighted by molar-refractivity contribution is 0.00263. The van der Waals surface area contributed by atoms with Gasteiger partial charge in [0.1, 0.15) is 30.0 Å². The van der Waals surface area contributed by atoms with Crippen molar-refractivity contribution >= 4 is 21.6 Å². The highest BCUT2D eigenvalue weighted by Crippen LogP contribution is 2.60. The molecule has 6 rings (SSSR count). The molecule has 0 amide bonds. The lowest BCUT2D eigenvalue weighted by Crippen LogP contribution is -2.37. The molecule has 1 aliphatic carbocycles. The number of fused-ring (bicyclic) bond motifs is 4. The smallest absolute Gasteiger partial charge is 0.207 e. The van der Waals surface area contributed by atoms with Gasteiger partial charge in [-0.25, -0.2) is 0 Å². The van der Waals surface area contributed by atoms with Crippen LogP contribution in [-0.2, 0) is 0 Å². The number of rotatable bonds is 7. The number of hydrogen-bond acceptors (Lipinski definition) is 12. The molecule has 47 heavy (non-hydrogen) atoms. The topological polar surface area (TPSA) is 158 Å². The van der Waals surface area contributed by atoms with E-state index in [0.29, 0.717) is 23.2 Å². The molecule has 10 nitrogen and oxygen atoms in total. The van der Waals surface area contributed by atoms with Crippen LogP contribution in [0.2, 0.25) is 0 Å². The molecule has 0 radical (unpaired) electrons. The van der Waals surface area contributed by atoms with Crippen molar-refractivity contribution < 1.29 is 49.6 Å². The fraction of sp³-hybridized carbons (Fsp3) is 0.486. The average molecular weight is 687 g/mol. The molecule has 3 aromatic rings. The van der Waals surface area contributed by atoms with Gasteiger partial charge in [0.05, 0.1) is 27.4 Å². The molecule has 2 aliphatic heterocycles. The van der Waals surface area contributed by atoms with Gasteiger partial charge in [0.25, 0.3) is 0 Å². The standard InChI is InChI=1S/C35H42O10S2/c1-17-4-6-19-21-12-18(38)5-7-20(21)28-25(44-10-9-36)14-26-29(30(28)23(19)15-37)24(16-47-46-11-8-17)32(40)34(45-26)22-13-27(42-2)33(41)35(43-3)31(22)39/h5,7,12-14,17,19,23-24,32,34,36-41H,4,6,8-11,15-16H2,1-3H3. The second kappa shape index (κ2) is 14.1. The molecule has 0 spiro atoms. The van der Waals surface area contributed by atoms with Gasteiger partial charge < -0.3 is 49.6 Å². The van der Waals surface area contributed by atoms with Crippen LogP contribution in [0, 0.1) is 5.92 Å². The summed E-state index contributed by atoms with van der Waals surface area (Å²) in [6.07, 6.45) is 0.500.